The summed E-state index contributed by atoms with van der Waals surface area (Å²) in [6.45, 7) is 16.5. The number of nitrogens with one attached hydrogen (secondary N) is 4. The third-order valence-electron chi connectivity index (χ3n) is 10.4. The van der Waals surface area contributed by atoms with Gasteiger partial charge in [0.1, 0.15) is 30.0 Å². The fourth-order valence-corrected chi connectivity index (χ4v) is 7.21. The van der Waals surface area contributed by atoms with Crippen LogP contribution in [-0.2, 0) is 62.2 Å². The number of ether oxygens (including phenoxy) is 7. The Balaban J connectivity index is 1.58. The van der Waals surface area contributed by atoms with Gasteiger partial charge in [-0.05, 0) is 93.7 Å². The fourth-order valence-electron chi connectivity index (χ4n) is 7.21. The summed E-state index contributed by atoms with van der Waals surface area (Å²) in [5.41, 5.74) is 2.36. The number of alkyl carbamates (subject to hydrolysis) is 2. The number of carbonyl (C=O) groups excluding carboxylic acids is 5. The molecule has 4 N–H and O–H groups in total. The minimum absolute atomic E-state index is 0.0262. The molecule has 17 heteroatoms. The Morgan fingerprint density at radius 1 is 0.857 bits per heavy atom. The van der Waals surface area contributed by atoms with Gasteiger partial charge in [0.15, 0.2) is 6.10 Å². The molecule has 4 rings (SSSR count). The Kier molecular flexibility index (Phi) is 19.5. The molecule has 0 fully saturated rings. The van der Waals surface area contributed by atoms with Crippen molar-refractivity contribution in [3.05, 3.63) is 64.7 Å². The molecule has 2 aromatic carbocycles. The van der Waals surface area contributed by atoms with Crippen LogP contribution in [-0.4, -0.2) is 125 Å². The summed E-state index contributed by atoms with van der Waals surface area (Å²) in [4.78, 5) is 68.4. The van der Waals surface area contributed by atoms with Crippen LogP contribution in [0.3, 0.4) is 0 Å². The van der Waals surface area contributed by atoms with Gasteiger partial charge in [0.05, 0.1) is 39.1 Å². The maximum absolute atomic E-state index is 14.9. The molecule has 2 aliphatic rings. The normalized spacial score (nSPS) is 17.5. The van der Waals surface area contributed by atoms with E-state index in [0.29, 0.717) is 32.2 Å². The van der Waals surface area contributed by atoms with Crippen molar-refractivity contribution in [3.8, 4) is 5.75 Å². The SMILES string of the molecule is CCOCCOCCOCC(OCCNC(=O)OC(C)(C)C)Oc1ccc2c(c1)CN(C(=O)C(NC(=O)C(C)OC(=O)NC)C(C)(C)C)[C@H](C(=O)N[C@@H]1CCCc3ccccc31)C2. The van der Waals surface area contributed by atoms with Crippen LogP contribution < -0.4 is 26.0 Å². The summed E-state index contributed by atoms with van der Waals surface area (Å²) in [6, 6.07) is 11.3. The molecule has 3 unspecified atom stereocenters. The number of hydrogen-bond donors (Lipinski definition) is 4. The van der Waals surface area contributed by atoms with E-state index in [1.165, 1.54) is 24.4 Å². The van der Waals surface area contributed by atoms with Crippen LogP contribution in [0.5, 0.6) is 5.75 Å². The molecule has 1 aliphatic carbocycles. The molecule has 0 aromatic heterocycles. The van der Waals surface area contributed by atoms with Gasteiger partial charge in [-0.2, -0.15) is 0 Å². The number of rotatable bonds is 21. The summed E-state index contributed by atoms with van der Waals surface area (Å²) in [5, 5.41) is 11.1. The molecular formula is C46H69N5O12. The third-order valence-corrected chi connectivity index (χ3v) is 10.4. The largest absolute Gasteiger partial charge is 0.462 e. The minimum Gasteiger partial charge on any atom is -0.462 e. The zero-order valence-electron chi connectivity index (χ0n) is 38.5. The molecule has 0 saturated heterocycles. The van der Waals surface area contributed by atoms with Crippen molar-refractivity contribution in [2.75, 3.05) is 59.8 Å². The molecule has 350 valence electrons. The van der Waals surface area contributed by atoms with Crippen molar-refractivity contribution in [3.63, 3.8) is 0 Å². The van der Waals surface area contributed by atoms with E-state index < -0.39 is 59.5 Å². The van der Waals surface area contributed by atoms with Crippen LogP contribution in [0.25, 0.3) is 0 Å². The average Bonchev–Trinajstić information content (AvgIpc) is 3.23. The third kappa shape index (κ3) is 16.3. The monoisotopic (exact) mass is 883 g/mol. The number of amides is 5. The molecule has 0 spiro atoms. The van der Waals surface area contributed by atoms with E-state index in [0.717, 1.165) is 36.0 Å². The van der Waals surface area contributed by atoms with Crippen molar-refractivity contribution in [1.29, 1.82) is 0 Å². The molecule has 5 amide bonds. The van der Waals surface area contributed by atoms with E-state index in [2.05, 4.69) is 27.3 Å². The second-order valence-electron chi connectivity index (χ2n) is 17.6. The molecule has 5 atom stereocenters. The summed E-state index contributed by atoms with van der Waals surface area (Å²) in [6.07, 6.45) is -0.669. The Bertz CT molecular complexity index is 1830. The highest BCUT2D eigenvalue weighted by molar-refractivity contribution is 5.94. The van der Waals surface area contributed by atoms with Gasteiger partial charge >= 0.3 is 12.2 Å². The first-order valence-corrected chi connectivity index (χ1v) is 21.9. The van der Waals surface area contributed by atoms with Gasteiger partial charge in [0.25, 0.3) is 5.91 Å². The summed E-state index contributed by atoms with van der Waals surface area (Å²) in [7, 11) is 1.38. The van der Waals surface area contributed by atoms with Crippen LogP contribution in [0.1, 0.15) is 96.5 Å². The average molecular weight is 884 g/mol. The number of aryl methyl sites for hydroxylation is 1. The first kappa shape index (κ1) is 50.7. The second-order valence-corrected chi connectivity index (χ2v) is 17.6. The minimum atomic E-state index is -1.20. The van der Waals surface area contributed by atoms with E-state index in [1.54, 1.807) is 32.9 Å². The standard InChI is InChI=1S/C46H69N5O12/c1-10-57-22-23-58-24-25-59-29-38(60-21-20-48-44(56)63-46(6,7)8)62-34-19-18-32-27-37(41(53)49-36-17-13-15-31-14-11-12-16-35(31)36)51(28-33(32)26-34)42(54)39(45(3,4)5)50-40(52)30(2)61-43(55)47-9/h11-12,14,16,18-19,26,30,36-39H,10,13,15,17,20-25,27-29H2,1-9H3,(H,47,55)(H,48,56)(H,49,53)(H,50,52)/t30?,36-,37+,38?,39?/m1/s1. The predicted molar refractivity (Wildman–Crippen MR) is 234 cm³/mol. The first-order chi connectivity index (χ1) is 29.9. The Labute approximate surface area is 371 Å². The van der Waals surface area contributed by atoms with Crippen LogP contribution in [0.4, 0.5) is 9.59 Å². The molecule has 0 saturated carbocycles. The molecule has 17 nitrogen and oxygen atoms in total. The molecular weight excluding hydrogens is 815 g/mol. The van der Waals surface area contributed by atoms with Gasteiger partial charge in [0.2, 0.25) is 18.1 Å². The maximum atomic E-state index is 14.9. The lowest BCUT2D eigenvalue weighted by Crippen LogP contribution is -2.61. The summed E-state index contributed by atoms with van der Waals surface area (Å²) >= 11 is 0. The summed E-state index contributed by atoms with van der Waals surface area (Å²) < 4.78 is 39.5. The molecule has 0 radical (unpaired) electrons. The van der Waals surface area contributed by atoms with Crippen LogP contribution in [0, 0.1) is 5.41 Å². The van der Waals surface area contributed by atoms with Crippen molar-refractivity contribution >= 4 is 29.9 Å². The lowest BCUT2D eigenvalue weighted by molar-refractivity contribution is -0.148. The number of fused-ring (bicyclic) bond motifs is 2. The van der Waals surface area contributed by atoms with E-state index in [9.17, 15) is 24.0 Å². The first-order valence-electron chi connectivity index (χ1n) is 21.9. The lowest BCUT2D eigenvalue weighted by atomic mass is 9.83. The lowest BCUT2D eigenvalue weighted by Gasteiger charge is -2.41. The van der Waals surface area contributed by atoms with Crippen molar-refractivity contribution in [1.82, 2.24) is 26.2 Å². The van der Waals surface area contributed by atoms with Crippen LogP contribution >= 0.6 is 0 Å². The fraction of sp³-hybridized carbons (Fsp3) is 0.630. The van der Waals surface area contributed by atoms with Gasteiger partial charge < -0.3 is 59.3 Å². The molecule has 1 heterocycles. The molecule has 0 bridgehead atoms. The van der Waals surface area contributed by atoms with E-state index >= 15 is 0 Å². The highest BCUT2D eigenvalue weighted by Crippen LogP contribution is 2.33. The van der Waals surface area contributed by atoms with Crippen molar-refractivity contribution in [2.45, 2.75) is 124 Å². The smallest absolute Gasteiger partial charge is 0.407 e. The number of carbonyl (C=O) groups is 5. The van der Waals surface area contributed by atoms with E-state index in [-0.39, 0.29) is 51.3 Å². The quantitative estimate of drug-likeness (QED) is 0.0995. The van der Waals surface area contributed by atoms with Crippen LogP contribution in [0.2, 0.25) is 0 Å². The van der Waals surface area contributed by atoms with Gasteiger partial charge in [-0.1, -0.05) is 51.1 Å². The van der Waals surface area contributed by atoms with Crippen molar-refractivity contribution < 1.29 is 57.1 Å². The Morgan fingerprint density at radius 2 is 1.57 bits per heavy atom. The molecule has 63 heavy (non-hydrogen) atoms. The Morgan fingerprint density at radius 3 is 2.27 bits per heavy atom. The highest BCUT2D eigenvalue weighted by atomic mass is 16.7. The van der Waals surface area contributed by atoms with E-state index in [1.807, 2.05) is 52.0 Å². The van der Waals surface area contributed by atoms with Gasteiger partial charge in [-0.3, -0.25) is 14.4 Å². The van der Waals surface area contributed by atoms with Gasteiger partial charge in [0, 0.05) is 33.2 Å². The van der Waals surface area contributed by atoms with E-state index in [4.69, 9.17) is 33.2 Å². The topological polar surface area (TPSA) is 201 Å². The van der Waals surface area contributed by atoms with Gasteiger partial charge in [-0.15, -0.1) is 0 Å². The number of benzene rings is 2. The Hall–Kier alpha value is -4.97. The zero-order chi connectivity index (χ0) is 46.2. The molecule has 2 aromatic rings. The molecule has 1 aliphatic heterocycles. The second kappa shape index (κ2) is 24.2. The number of hydrogen-bond acceptors (Lipinski definition) is 12. The maximum Gasteiger partial charge on any atom is 0.407 e. The predicted octanol–water partition coefficient (Wildman–Crippen LogP) is 4.73. The summed E-state index contributed by atoms with van der Waals surface area (Å²) in [5.74, 6) is -1.02. The van der Waals surface area contributed by atoms with Crippen molar-refractivity contribution in [2.24, 2.45) is 5.41 Å². The number of nitrogens with zero attached hydrogens (tertiary/aromatic N) is 1. The van der Waals surface area contributed by atoms with Gasteiger partial charge in [-0.25, -0.2) is 9.59 Å². The highest BCUT2D eigenvalue weighted by Gasteiger charge is 2.43. The zero-order valence-corrected chi connectivity index (χ0v) is 38.5. The van der Waals surface area contributed by atoms with Crippen LogP contribution in [0.15, 0.2) is 42.5 Å².